The molecule has 1 unspecified atom stereocenters. The number of carbonyl (C=O) groups excluding carboxylic acids is 2. The van der Waals surface area contributed by atoms with Crippen LogP contribution in [0.15, 0.2) is 12.3 Å². The van der Waals surface area contributed by atoms with E-state index in [1.165, 1.54) is 19.4 Å². The molecule has 1 saturated heterocycles. The molecule has 1 aromatic rings. The van der Waals surface area contributed by atoms with Gasteiger partial charge in [0.2, 0.25) is 5.91 Å². The molecular weight excluding hydrogens is 248 g/mol. The molecule has 102 valence electrons. The highest BCUT2D eigenvalue weighted by atomic mass is 16.5. The first-order valence-electron chi connectivity index (χ1n) is 5.93. The smallest absolute Gasteiger partial charge is 0.340 e. The van der Waals surface area contributed by atoms with Crippen LogP contribution in [0.25, 0.3) is 0 Å². The van der Waals surface area contributed by atoms with Gasteiger partial charge < -0.3 is 20.7 Å². The molecule has 0 aromatic carbocycles. The molecule has 0 bridgehead atoms. The quantitative estimate of drug-likeness (QED) is 0.716. The fraction of sp³-hybridized carbons (Fsp3) is 0.417. The summed E-state index contributed by atoms with van der Waals surface area (Å²) in [5, 5.41) is 2.76. The van der Waals surface area contributed by atoms with Crippen molar-refractivity contribution in [3.8, 4) is 0 Å². The number of anilines is 2. The number of hydrogen-bond acceptors (Lipinski definition) is 6. The zero-order chi connectivity index (χ0) is 14.0. The molecule has 1 fully saturated rings. The molecule has 0 spiro atoms. The highest BCUT2D eigenvalue weighted by Crippen LogP contribution is 2.26. The van der Waals surface area contributed by atoms with Crippen molar-refractivity contribution < 1.29 is 14.3 Å². The van der Waals surface area contributed by atoms with Gasteiger partial charge in [0.05, 0.1) is 18.4 Å². The molecule has 7 nitrogen and oxygen atoms in total. The van der Waals surface area contributed by atoms with Gasteiger partial charge in [-0.15, -0.1) is 0 Å². The Morgan fingerprint density at radius 2 is 2.37 bits per heavy atom. The third-order valence-electron chi connectivity index (χ3n) is 3.15. The number of nitrogens with two attached hydrogens (primary N) is 1. The van der Waals surface area contributed by atoms with Crippen molar-refractivity contribution in [3.63, 3.8) is 0 Å². The summed E-state index contributed by atoms with van der Waals surface area (Å²) in [6.45, 7) is 2.88. The lowest BCUT2D eigenvalue weighted by Crippen LogP contribution is -2.54. The number of ether oxygens (including phenoxy) is 1. The second kappa shape index (κ2) is 5.13. The van der Waals surface area contributed by atoms with Crippen LogP contribution in [-0.4, -0.2) is 43.1 Å². The number of esters is 1. The van der Waals surface area contributed by atoms with E-state index in [0.29, 0.717) is 18.9 Å². The first-order valence-corrected chi connectivity index (χ1v) is 5.93. The van der Waals surface area contributed by atoms with Crippen LogP contribution < -0.4 is 16.0 Å². The number of carbonyl (C=O) groups is 2. The lowest BCUT2D eigenvalue weighted by Gasteiger charge is -2.34. The average Bonchev–Trinajstić information content (AvgIpc) is 2.42. The summed E-state index contributed by atoms with van der Waals surface area (Å²) >= 11 is 0. The molecule has 19 heavy (non-hydrogen) atoms. The van der Waals surface area contributed by atoms with Crippen molar-refractivity contribution in [1.29, 1.82) is 0 Å². The summed E-state index contributed by atoms with van der Waals surface area (Å²) in [4.78, 5) is 29.2. The van der Waals surface area contributed by atoms with Gasteiger partial charge in [-0.05, 0) is 13.0 Å². The Labute approximate surface area is 110 Å². The summed E-state index contributed by atoms with van der Waals surface area (Å²) in [5.41, 5.74) is 6.45. The minimum atomic E-state index is -0.518. The number of piperazine rings is 1. The number of amides is 1. The number of aromatic nitrogens is 1. The van der Waals surface area contributed by atoms with Gasteiger partial charge in [-0.25, -0.2) is 9.78 Å². The van der Waals surface area contributed by atoms with E-state index in [1.54, 1.807) is 11.8 Å². The average molecular weight is 264 g/mol. The van der Waals surface area contributed by atoms with Gasteiger partial charge >= 0.3 is 5.97 Å². The van der Waals surface area contributed by atoms with Crippen molar-refractivity contribution in [3.05, 3.63) is 17.8 Å². The first kappa shape index (κ1) is 13.1. The number of methoxy groups -OCH3 is 1. The lowest BCUT2D eigenvalue weighted by molar-refractivity contribution is -0.122. The maximum Gasteiger partial charge on any atom is 0.340 e. The van der Waals surface area contributed by atoms with Crippen molar-refractivity contribution in [2.45, 2.75) is 13.0 Å². The molecule has 1 aliphatic rings. The minimum Gasteiger partial charge on any atom is -0.465 e. The van der Waals surface area contributed by atoms with E-state index < -0.39 is 5.97 Å². The van der Waals surface area contributed by atoms with E-state index in [2.05, 4.69) is 15.0 Å². The van der Waals surface area contributed by atoms with Crippen LogP contribution in [0.3, 0.4) is 0 Å². The van der Waals surface area contributed by atoms with Gasteiger partial charge in [-0.1, -0.05) is 0 Å². The molecule has 0 saturated carbocycles. The SMILES string of the molecule is COC(=O)c1ccnc(N2CCNC(=O)C2C)c1N. The predicted octanol–water partition coefficient (Wildman–Crippen LogP) is -0.225. The molecule has 7 heteroatoms. The standard InChI is InChI=1S/C12H16N4O3/c1-7-11(17)15-5-6-16(7)10-9(13)8(3-4-14-10)12(18)19-2/h3-4,7H,5-6,13H2,1-2H3,(H,15,17). The van der Waals surface area contributed by atoms with Gasteiger partial charge in [-0.3, -0.25) is 4.79 Å². The van der Waals surface area contributed by atoms with Gasteiger partial charge in [0.1, 0.15) is 6.04 Å². The summed E-state index contributed by atoms with van der Waals surface area (Å²) in [6.07, 6.45) is 1.48. The normalized spacial score (nSPS) is 18.9. The largest absolute Gasteiger partial charge is 0.465 e. The molecular formula is C12H16N4O3. The maximum absolute atomic E-state index is 11.7. The Hall–Kier alpha value is -2.31. The van der Waals surface area contributed by atoms with Crippen LogP contribution in [0.4, 0.5) is 11.5 Å². The topological polar surface area (TPSA) is 97.5 Å². The molecule has 2 heterocycles. The highest BCUT2D eigenvalue weighted by molar-refractivity contribution is 5.98. The minimum absolute atomic E-state index is 0.0871. The Kier molecular flexibility index (Phi) is 3.55. The van der Waals surface area contributed by atoms with E-state index in [1.807, 2.05) is 0 Å². The van der Waals surface area contributed by atoms with E-state index in [-0.39, 0.29) is 23.2 Å². The first-order chi connectivity index (χ1) is 9.06. The molecule has 1 aromatic heterocycles. The lowest BCUT2D eigenvalue weighted by atomic mass is 10.1. The Morgan fingerprint density at radius 3 is 3.05 bits per heavy atom. The van der Waals surface area contributed by atoms with Crippen LogP contribution in [0.5, 0.6) is 0 Å². The van der Waals surface area contributed by atoms with Crippen LogP contribution in [-0.2, 0) is 9.53 Å². The molecule has 0 radical (unpaired) electrons. The molecule has 2 rings (SSSR count). The van der Waals surface area contributed by atoms with Gasteiger partial charge in [0.15, 0.2) is 5.82 Å². The fourth-order valence-electron chi connectivity index (χ4n) is 2.05. The molecule has 0 aliphatic carbocycles. The Bertz CT molecular complexity index is 518. The number of rotatable bonds is 2. The highest BCUT2D eigenvalue weighted by Gasteiger charge is 2.29. The predicted molar refractivity (Wildman–Crippen MR) is 69.8 cm³/mol. The molecule has 3 N–H and O–H groups in total. The van der Waals surface area contributed by atoms with Gasteiger partial charge in [-0.2, -0.15) is 0 Å². The van der Waals surface area contributed by atoms with Crippen molar-refractivity contribution in [2.24, 2.45) is 0 Å². The molecule has 1 amide bonds. The van der Waals surface area contributed by atoms with Crippen molar-refractivity contribution >= 4 is 23.4 Å². The number of nitrogens with one attached hydrogen (secondary N) is 1. The zero-order valence-electron chi connectivity index (χ0n) is 10.8. The fourth-order valence-corrected chi connectivity index (χ4v) is 2.05. The Morgan fingerprint density at radius 1 is 1.63 bits per heavy atom. The van der Waals surface area contributed by atoms with Crippen LogP contribution in [0, 0.1) is 0 Å². The number of pyridine rings is 1. The monoisotopic (exact) mass is 264 g/mol. The summed E-state index contributed by atoms with van der Waals surface area (Å²) in [5.74, 6) is -0.170. The second-order valence-electron chi connectivity index (χ2n) is 4.25. The number of hydrogen-bond donors (Lipinski definition) is 2. The van der Waals surface area contributed by atoms with Crippen molar-refractivity contribution in [1.82, 2.24) is 10.3 Å². The van der Waals surface area contributed by atoms with E-state index >= 15 is 0 Å². The van der Waals surface area contributed by atoms with Crippen molar-refractivity contribution in [2.75, 3.05) is 30.8 Å². The Balaban J connectivity index is 2.40. The van der Waals surface area contributed by atoms with E-state index in [0.717, 1.165) is 0 Å². The third-order valence-corrected chi connectivity index (χ3v) is 3.15. The van der Waals surface area contributed by atoms with Crippen LogP contribution >= 0.6 is 0 Å². The third kappa shape index (κ3) is 2.31. The number of nitrogens with zero attached hydrogens (tertiary/aromatic N) is 2. The maximum atomic E-state index is 11.7. The second-order valence-corrected chi connectivity index (χ2v) is 4.25. The zero-order valence-corrected chi connectivity index (χ0v) is 10.8. The summed E-state index contributed by atoms with van der Waals surface area (Å²) in [6, 6.07) is 1.12. The molecule has 1 atom stereocenters. The van der Waals surface area contributed by atoms with Gasteiger partial charge in [0, 0.05) is 19.3 Å². The van der Waals surface area contributed by atoms with E-state index in [4.69, 9.17) is 5.73 Å². The van der Waals surface area contributed by atoms with E-state index in [9.17, 15) is 9.59 Å². The summed E-state index contributed by atoms with van der Waals surface area (Å²) in [7, 11) is 1.29. The van der Waals surface area contributed by atoms with Crippen LogP contribution in [0.1, 0.15) is 17.3 Å². The number of nitrogen functional groups attached to an aromatic ring is 1. The van der Waals surface area contributed by atoms with Crippen LogP contribution in [0.2, 0.25) is 0 Å². The summed E-state index contributed by atoms with van der Waals surface area (Å²) < 4.78 is 4.66. The van der Waals surface area contributed by atoms with Gasteiger partial charge in [0.25, 0.3) is 0 Å². The molecule has 1 aliphatic heterocycles.